The molecule has 36 heavy (non-hydrogen) atoms. The van der Waals surface area contributed by atoms with Crippen LogP contribution in [0.25, 0.3) is 27.6 Å². The first-order chi connectivity index (χ1) is 17.4. The van der Waals surface area contributed by atoms with E-state index in [1.165, 1.54) is 43.0 Å². The molecule has 184 valence electrons. The van der Waals surface area contributed by atoms with E-state index in [0.717, 1.165) is 11.0 Å². The molecule has 0 saturated carbocycles. The zero-order valence-corrected chi connectivity index (χ0v) is 20.3. The predicted octanol–water partition coefficient (Wildman–Crippen LogP) is 4.79. The van der Waals surface area contributed by atoms with Gasteiger partial charge in [0.25, 0.3) is 0 Å². The number of methoxy groups -OCH3 is 1. The molecule has 3 heterocycles. The van der Waals surface area contributed by atoms with Gasteiger partial charge in [-0.1, -0.05) is 0 Å². The first kappa shape index (κ1) is 24.7. The van der Waals surface area contributed by atoms with Crippen molar-refractivity contribution in [3.63, 3.8) is 0 Å². The van der Waals surface area contributed by atoms with E-state index in [1.54, 1.807) is 16.7 Å². The number of aromatic nitrogens is 3. The van der Waals surface area contributed by atoms with Gasteiger partial charge in [0.15, 0.2) is 0 Å². The number of nitrogens with zero attached hydrogens (tertiary/aromatic N) is 4. The summed E-state index contributed by atoms with van der Waals surface area (Å²) in [5.74, 6) is 0.127. The lowest BCUT2D eigenvalue weighted by Gasteiger charge is -2.11. The highest BCUT2D eigenvalue weighted by Crippen LogP contribution is 2.37. The van der Waals surface area contributed by atoms with Crippen LogP contribution in [0.3, 0.4) is 0 Å². The number of halogens is 1. The Labute approximate surface area is 210 Å². The summed E-state index contributed by atoms with van der Waals surface area (Å²) in [5, 5.41) is 22.2. The summed E-state index contributed by atoms with van der Waals surface area (Å²) in [7, 11) is 1.50. The third-order valence-electron chi connectivity index (χ3n) is 5.27. The number of carboxylic acids is 1. The van der Waals surface area contributed by atoms with Crippen LogP contribution in [0.4, 0.5) is 10.2 Å². The number of thiophene rings is 1. The van der Waals surface area contributed by atoms with E-state index in [4.69, 9.17) is 14.6 Å². The van der Waals surface area contributed by atoms with Crippen LogP contribution in [0.15, 0.2) is 42.7 Å². The fourth-order valence-corrected chi connectivity index (χ4v) is 4.72. The van der Waals surface area contributed by atoms with Gasteiger partial charge in [0.05, 0.1) is 34.7 Å². The van der Waals surface area contributed by atoms with Crippen molar-refractivity contribution in [3.05, 3.63) is 59.1 Å². The van der Waals surface area contributed by atoms with E-state index in [2.05, 4.69) is 21.4 Å². The molecule has 0 amide bonds. The van der Waals surface area contributed by atoms with Crippen molar-refractivity contribution in [3.8, 4) is 28.1 Å². The second kappa shape index (κ2) is 10.9. The van der Waals surface area contributed by atoms with Crippen molar-refractivity contribution in [2.45, 2.75) is 13.5 Å². The molecule has 0 radical (unpaired) electrons. The summed E-state index contributed by atoms with van der Waals surface area (Å²) >= 11 is 1.35. The van der Waals surface area contributed by atoms with Crippen molar-refractivity contribution in [1.82, 2.24) is 14.5 Å². The number of rotatable bonds is 10. The molecule has 3 aromatic heterocycles. The number of carboxylic acid groups (broad SMARTS) is 1. The van der Waals surface area contributed by atoms with E-state index in [0.29, 0.717) is 64.2 Å². The Bertz CT molecular complexity index is 1490. The first-order valence-corrected chi connectivity index (χ1v) is 11.8. The number of nitriles is 1. The van der Waals surface area contributed by atoms with Crippen molar-refractivity contribution in [2.24, 2.45) is 0 Å². The van der Waals surface area contributed by atoms with Gasteiger partial charge in [0.2, 0.25) is 0 Å². The van der Waals surface area contributed by atoms with Gasteiger partial charge in [-0.3, -0.25) is 0 Å². The maximum absolute atomic E-state index is 14.6. The number of anilines is 1. The SMILES string of the molecule is CCOc1cc(-c2cc(NCCn3c(C#N)cc4c(OC)ccc(F)c43)ncn2)sc1/C=C/C(=O)O. The Morgan fingerprint density at radius 3 is 2.86 bits per heavy atom. The molecule has 0 unspecified atom stereocenters. The van der Waals surface area contributed by atoms with E-state index < -0.39 is 11.8 Å². The number of hydrogen-bond acceptors (Lipinski definition) is 8. The highest BCUT2D eigenvalue weighted by molar-refractivity contribution is 7.16. The van der Waals surface area contributed by atoms with E-state index in [1.807, 2.05) is 13.0 Å². The Kier molecular flexibility index (Phi) is 7.46. The Hall–Kier alpha value is -4.43. The van der Waals surface area contributed by atoms with Gasteiger partial charge in [0.1, 0.15) is 41.2 Å². The monoisotopic (exact) mass is 507 g/mol. The molecular weight excluding hydrogens is 485 g/mol. The topological polar surface area (TPSA) is 122 Å². The lowest BCUT2D eigenvalue weighted by atomic mass is 10.2. The van der Waals surface area contributed by atoms with Gasteiger partial charge in [-0.05, 0) is 31.2 Å². The molecule has 4 rings (SSSR count). The molecule has 0 aliphatic heterocycles. The minimum Gasteiger partial charge on any atom is -0.496 e. The van der Waals surface area contributed by atoms with Crippen LogP contribution in [-0.4, -0.2) is 45.9 Å². The number of fused-ring (bicyclic) bond motifs is 1. The van der Waals surface area contributed by atoms with Gasteiger partial charge in [-0.2, -0.15) is 5.26 Å². The fourth-order valence-electron chi connectivity index (χ4n) is 3.75. The third-order valence-corrected chi connectivity index (χ3v) is 6.37. The molecule has 11 heteroatoms. The molecule has 1 aromatic carbocycles. The Balaban J connectivity index is 1.54. The van der Waals surface area contributed by atoms with Crippen LogP contribution < -0.4 is 14.8 Å². The van der Waals surface area contributed by atoms with Gasteiger partial charge in [0, 0.05) is 36.7 Å². The minimum absolute atomic E-state index is 0.306. The minimum atomic E-state index is -1.05. The molecule has 9 nitrogen and oxygen atoms in total. The number of nitrogens with one attached hydrogen (secondary N) is 1. The number of hydrogen-bond donors (Lipinski definition) is 2. The molecule has 0 fully saturated rings. The average Bonchev–Trinajstić information content (AvgIpc) is 3.45. The number of ether oxygens (including phenoxy) is 2. The van der Waals surface area contributed by atoms with E-state index in [9.17, 15) is 14.4 Å². The van der Waals surface area contributed by atoms with Crippen LogP contribution in [0.2, 0.25) is 0 Å². The second-order valence-corrected chi connectivity index (χ2v) is 8.55. The summed E-state index contributed by atoms with van der Waals surface area (Å²) in [6.45, 7) is 2.97. The molecule has 0 atom stereocenters. The van der Waals surface area contributed by atoms with E-state index >= 15 is 0 Å². The largest absolute Gasteiger partial charge is 0.496 e. The van der Waals surface area contributed by atoms with Crippen molar-refractivity contribution >= 4 is 40.1 Å². The molecule has 2 N–H and O–H groups in total. The zero-order valence-electron chi connectivity index (χ0n) is 19.5. The van der Waals surface area contributed by atoms with Gasteiger partial charge in [-0.15, -0.1) is 11.3 Å². The Morgan fingerprint density at radius 1 is 1.31 bits per heavy atom. The maximum Gasteiger partial charge on any atom is 0.328 e. The first-order valence-electron chi connectivity index (χ1n) is 10.9. The van der Waals surface area contributed by atoms with Crippen molar-refractivity contribution in [1.29, 1.82) is 5.26 Å². The lowest BCUT2D eigenvalue weighted by molar-refractivity contribution is -0.131. The molecule has 0 spiro atoms. The smallest absolute Gasteiger partial charge is 0.328 e. The normalized spacial score (nSPS) is 11.1. The summed E-state index contributed by atoms with van der Waals surface area (Å²) in [4.78, 5) is 20.9. The van der Waals surface area contributed by atoms with Gasteiger partial charge >= 0.3 is 5.97 Å². The second-order valence-electron chi connectivity index (χ2n) is 7.46. The Morgan fingerprint density at radius 2 is 2.14 bits per heavy atom. The standard InChI is InChI=1S/C25H22FN5O4S/c1-3-35-20-12-22(36-21(20)6-7-24(32)33)18-11-23(30-14-29-18)28-8-9-31-15(13-27)10-16-19(34-2)5-4-17(26)25(16)31/h4-7,10-12,14H,3,8-9H2,1-2H3,(H,32,33)(H,28,29,30)/b7-6+. The van der Waals surface area contributed by atoms with Crippen LogP contribution in [-0.2, 0) is 11.3 Å². The summed E-state index contributed by atoms with van der Waals surface area (Å²) < 4.78 is 27.2. The lowest BCUT2D eigenvalue weighted by Crippen LogP contribution is -2.13. The zero-order chi connectivity index (χ0) is 25.7. The third kappa shape index (κ3) is 5.13. The van der Waals surface area contributed by atoms with Gasteiger partial charge in [-0.25, -0.2) is 19.2 Å². The molecule has 0 aliphatic rings. The van der Waals surface area contributed by atoms with Crippen LogP contribution in [0.1, 0.15) is 17.5 Å². The molecule has 0 bridgehead atoms. The highest BCUT2D eigenvalue weighted by Gasteiger charge is 2.16. The number of carbonyl (C=O) groups is 1. The van der Waals surface area contributed by atoms with Crippen LogP contribution in [0.5, 0.6) is 11.5 Å². The average molecular weight is 508 g/mol. The maximum atomic E-state index is 14.6. The molecule has 0 saturated heterocycles. The summed E-state index contributed by atoms with van der Waals surface area (Å²) in [5.41, 5.74) is 1.26. The molecule has 4 aromatic rings. The van der Waals surface area contributed by atoms with Gasteiger partial charge < -0.3 is 24.5 Å². The summed E-state index contributed by atoms with van der Waals surface area (Å²) in [6.07, 6.45) is 3.97. The molecular formula is C25H22FN5O4S. The summed E-state index contributed by atoms with van der Waals surface area (Å²) in [6, 6.07) is 10.2. The van der Waals surface area contributed by atoms with Crippen molar-refractivity contribution < 1.29 is 23.8 Å². The number of benzene rings is 1. The highest BCUT2D eigenvalue weighted by atomic mass is 32.1. The fraction of sp³-hybridized carbons (Fsp3) is 0.200. The van der Waals surface area contributed by atoms with E-state index in [-0.39, 0.29) is 0 Å². The molecule has 0 aliphatic carbocycles. The van der Waals surface area contributed by atoms with Crippen LogP contribution >= 0.6 is 11.3 Å². The van der Waals surface area contributed by atoms with Crippen LogP contribution in [0, 0.1) is 17.1 Å². The van der Waals surface area contributed by atoms with Crippen molar-refractivity contribution in [2.75, 3.05) is 25.6 Å². The quantitative estimate of drug-likeness (QED) is 0.294. The predicted molar refractivity (Wildman–Crippen MR) is 135 cm³/mol. The number of aliphatic carboxylic acids is 1.